The van der Waals surface area contributed by atoms with Crippen molar-refractivity contribution in [2.45, 2.75) is 33.1 Å². The lowest BCUT2D eigenvalue weighted by molar-refractivity contribution is 0.297. The zero-order chi connectivity index (χ0) is 18.0. The van der Waals surface area contributed by atoms with Crippen molar-refractivity contribution in [3.05, 3.63) is 69.7 Å². The van der Waals surface area contributed by atoms with E-state index in [1.165, 1.54) is 17.2 Å². The van der Waals surface area contributed by atoms with Crippen LogP contribution in [0.15, 0.2) is 41.5 Å². The highest BCUT2D eigenvalue weighted by Crippen LogP contribution is 2.41. The minimum absolute atomic E-state index is 0.303. The van der Waals surface area contributed by atoms with E-state index in [1.807, 2.05) is 32.2 Å². The van der Waals surface area contributed by atoms with E-state index < -0.39 is 0 Å². The number of hydrogen-bond acceptors (Lipinski definition) is 2. The van der Waals surface area contributed by atoms with Gasteiger partial charge in [-0.25, -0.2) is 4.39 Å². The molecule has 0 atom stereocenters. The van der Waals surface area contributed by atoms with Gasteiger partial charge in [0.2, 0.25) is 0 Å². The molecule has 0 aliphatic heterocycles. The second-order valence-corrected chi connectivity index (χ2v) is 7.06. The van der Waals surface area contributed by atoms with Gasteiger partial charge in [0, 0.05) is 21.9 Å². The molecular weight excluding hydrogens is 381 g/mol. The highest BCUT2D eigenvalue weighted by atomic mass is 79.9. The molecule has 25 heavy (non-hydrogen) atoms. The zero-order valence-electron chi connectivity index (χ0n) is 14.5. The second-order valence-electron chi connectivity index (χ2n) is 6.15. The van der Waals surface area contributed by atoms with E-state index in [-0.39, 0.29) is 5.82 Å². The standard InChI is InChI=1S/C21H21BrFNO/c1-4-25-14(3)20-10-15(8-9-21(20)23)17-6-5-7-18(17)19-11-16(22)12-24-13(19)2/h8-12H,3-7H2,1-2H3. The Morgan fingerprint density at radius 2 is 2.04 bits per heavy atom. The van der Waals surface area contributed by atoms with Gasteiger partial charge in [0.15, 0.2) is 0 Å². The molecule has 0 saturated heterocycles. The van der Waals surface area contributed by atoms with Gasteiger partial charge in [-0.15, -0.1) is 0 Å². The molecule has 2 nitrogen and oxygen atoms in total. The van der Waals surface area contributed by atoms with Gasteiger partial charge in [0.05, 0.1) is 12.2 Å². The molecule has 0 N–H and O–H groups in total. The summed E-state index contributed by atoms with van der Waals surface area (Å²) >= 11 is 3.51. The number of aryl methyl sites for hydroxylation is 1. The molecule has 0 saturated carbocycles. The van der Waals surface area contributed by atoms with Gasteiger partial charge < -0.3 is 4.74 Å². The molecule has 1 heterocycles. The maximum absolute atomic E-state index is 14.2. The molecule has 0 unspecified atom stereocenters. The van der Waals surface area contributed by atoms with Gasteiger partial charge in [0.1, 0.15) is 11.6 Å². The number of halogens is 2. The van der Waals surface area contributed by atoms with Gasteiger partial charge >= 0.3 is 0 Å². The molecule has 0 radical (unpaired) electrons. The van der Waals surface area contributed by atoms with E-state index in [9.17, 15) is 4.39 Å². The number of benzene rings is 1. The van der Waals surface area contributed by atoms with Gasteiger partial charge in [0.25, 0.3) is 0 Å². The number of ether oxygens (including phenoxy) is 1. The average Bonchev–Trinajstić information content (AvgIpc) is 3.07. The summed E-state index contributed by atoms with van der Waals surface area (Å²) in [6.07, 6.45) is 4.90. The van der Waals surface area contributed by atoms with Crippen molar-refractivity contribution in [3.63, 3.8) is 0 Å². The van der Waals surface area contributed by atoms with Crippen molar-refractivity contribution in [2.75, 3.05) is 6.61 Å². The van der Waals surface area contributed by atoms with Crippen LogP contribution in [0.4, 0.5) is 4.39 Å². The lowest BCUT2D eigenvalue weighted by Gasteiger charge is -2.14. The van der Waals surface area contributed by atoms with Crippen LogP contribution in [0.1, 0.15) is 48.6 Å². The number of nitrogens with zero attached hydrogens (tertiary/aromatic N) is 1. The van der Waals surface area contributed by atoms with Gasteiger partial charge in [-0.2, -0.15) is 0 Å². The lowest BCUT2D eigenvalue weighted by atomic mass is 9.95. The van der Waals surface area contributed by atoms with Crippen molar-refractivity contribution in [2.24, 2.45) is 0 Å². The van der Waals surface area contributed by atoms with Crippen LogP contribution in [0.3, 0.4) is 0 Å². The van der Waals surface area contributed by atoms with Crippen LogP contribution in [0.25, 0.3) is 16.9 Å². The quantitative estimate of drug-likeness (QED) is 0.541. The predicted octanol–water partition coefficient (Wildman–Crippen LogP) is 6.39. The normalized spacial score (nSPS) is 14.1. The maximum Gasteiger partial charge on any atom is 0.134 e. The Labute approximate surface area is 156 Å². The molecule has 130 valence electrons. The molecule has 0 amide bonds. The van der Waals surface area contributed by atoms with Gasteiger partial charge in [-0.05, 0) is 83.9 Å². The summed E-state index contributed by atoms with van der Waals surface area (Å²) in [6.45, 7) is 8.22. The van der Waals surface area contributed by atoms with Crippen molar-refractivity contribution in [1.29, 1.82) is 0 Å². The summed E-state index contributed by atoms with van der Waals surface area (Å²) in [5, 5.41) is 0. The first-order chi connectivity index (χ1) is 12.0. The fraction of sp³-hybridized carbons (Fsp3) is 0.286. The summed E-state index contributed by atoms with van der Waals surface area (Å²) in [5.41, 5.74) is 6.20. The SMILES string of the molecule is C=C(OCC)c1cc(C2=C(c3cc(Br)cnc3C)CCC2)ccc1F. The van der Waals surface area contributed by atoms with E-state index in [2.05, 4.69) is 33.6 Å². The number of aromatic nitrogens is 1. The fourth-order valence-corrected chi connectivity index (χ4v) is 3.68. The predicted molar refractivity (Wildman–Crippen MR) is 104 cm³/mol. The van der Waals surface area contributed by atoms with Gasteiger partial charge in [-0.1, -0.05) is 12.6 Å². The van der Waals surface area contributed by atoms with Crippen LogP contribution in [-0.4, -0.2) is 11.6 Å². The van der Waals surface area contributed by atoms with Crippen molar-refractivity contribution in [1.82, 2.24) is 4.98 Å². The van der Waals surface area contributed by atoms with Crippen LogP contribution < -0.4 is 0 Å². The minimum atomic E-state index is -0.303. The number of allylic oxidation sites excluding steroid dienone is 2. The molecule has 4 heteroatoms. The minimum Gasteiger partial charge on any atom is -0.494 e. The van der Waals surface area contributed by atoms with E-state index in [4.69, 9.17) is 4.74 Å². The molecule has 1 aliphatic rings. The Bertz CT molecular complexity index is 857. The van der Waals surface area contributed by atoms with Crippen LogP contribution in [0, 0.1) is 12.7 Å². The molecular formula is C21H21BrFNO. The van der Waals surface area contributed by atoms with Crippen molar-refractivity contribution < 1.29 is 9.13 Å². The van der Waals surface area contributed by atoms with Crippen molar-refractivity contribution in [3.8, 4) is 0 Å². The molecule has 0 fully saturated rings. The molecule has 3 rings (SSSR count). The molecule has 1 aromatic heterocycles. The molecule has 1 aliphatic carbocycles. The topological polar surface area (TPSA) is 22.1 Å². The third-order valence-corrected chi connectivity index (χ3v) is 4.96. The first-order valence-electron chi connectivity index (χ1n) is 8.47. The lowest BCUT2D eigenvalue weighted by Crippen LogP contribution is -1.97. The Morgan fingerprint density at radius 3 is 2.80 bits per heavy atom. The highest BCUT2D eigenvalue weighted by Gasteiger charge is 2.21. The molecule has 0 bridgehead atoms. The van der Waals surface area contributed by atoms with Crippen LogP contribution >= 0.6 is 15.9 Å². The summed E-state index contributed by atoms with van der Waals surface area (Å²) in [6, 6.07) is 7.32. The smallest absolute Gasteiger partial charge is 0.134 e. The second kappa shape index (κ2) is 7.52. The zero-order valence-corrected chi connectivity index (χ0v) is 16.1. The third kappa shape index (κ3) is 3.69. The third-order valence-electron chi connectivity index (χ3n) is 4.53. The fourth-order valence-electron chi connectivity index (χ4n) is 3.35. The largest absolute Gasteiger partial charge is 0.494 e. The van der Waals surface area contributed by atoms with Gasteiger partial charge in [-0.3, -0.25) is 4.98 Å². The Morgan fingerprint density at radius 1 is 1.28 bits per heavy atom. The maximum atomic E-state index is 14.2. The Kier molecular flexibility index (Phi) is 5.38. The van der Waals surface area contributed by atoms with E-state index in [0.717, 1.165) is 40.6 Å². The van der Waals surface area contributed by atoms with Crippen LogP contribution in [-0.2, 0) is 4.74 Å². The molecule has 2 aromatic rings. The Hall–Kier alpha value is -1.94. The molecule has 1 aromatic carbocycles. The summed E-state index contributed by atoms with van der Waals surface area (Å²) in [7, 11) is 0. The highest BCUT2D eigenvalue weighted by molar-refractivity contribution is 9.10. The van der Waals surface area contributed by atoms with E-state index in [1.54, 1.807) is 0 Å². The van der Waals surface area contributed by atoms with E-state index in [0.29, 0.717) is 17.9 Å². The number of pyridine rings is 1. The summed E-state index contributed by atoms with van der Waals surface area (Å²) in [5.74, 6) is 0.0740. The monoisotopic (exact) mass is 401 g/mol. The van der Waals surface area contributed by atoms with E-state index >= 15 is 0 Å². The first-order valence-corrected chi connectivity index (χ1v) is 9.27. The van der Waals surface area contributed by atoms with Crippen LogP contribution in [0.5, 0.6) is 0 Å². The average molecular weight is 402 g/mol. The summed E-state index contributed by atoms with van der Waals surface area (Å²) in [4.78, 5) is 4.46. The number of rotatable bonds is 5. The first kappa shape index (κ1) is 17.9. The number of hydrogen-bond donors (Lipinski definition) is 0. The van der Waals surface area contributed by atoms with Crippen LogP contribution in [0.2, 0.25) is 0 Å². The molecule has 0 spiro atoms. The Balaban J connectivity index is 2.09. The van der Waals surface area contributed by atoms with Crippen molar-refractivity contribution >= 4 is 32.8 Å². The summed E-state index contributed by atoms with van der Waals surface area (Å²) < 4.78 is 20.6.